The van der Waals surface area contributed by atoms with Crippen molar-refractivity contribution in [3.63, 3.8) is 0 Å². The van der Waals surface area contributed by atoms with E-state index >= 15 is 0 Å². The van der Waals surface area contributed by atoms with Crippen LogP contribution in [-0.4, -0.2) is 29.7 Å². The predicted molar refractivity (Wildman–Crippen MR) is 84.0 cm³/mol. The van der Waals surface area contributed by atoms with Crippen molar-refractivity contribution in [2.75, 3.05) is 7.11 Å². The summed E-state index contributed by atoms with van der Waals surface area (Å²) in [6.07, 6.45) is 1.23. The lowest BCUT2D eigenvalue weighted by molar-refractivity contribution is -0.117. The highest BCUT2D eigenvalue weighted by atomic mass is 16.5. The van der Waals surface area contributed by atoms with E-state index in [-0.39, 0.29) is 11.6 Å². The highest BCUT2D eigenvalue weighted by molar-refractivity contribution is 6.29. The summed E-state index contributed by atoms with van der Waals surface area (Å²) in [5.74, 6) is -0.585. The van der Waals surface area contributed by atoms with Crippen LogP contribution in [0.2, 0.25) is 0 Å². The lowest BCUT2D eigenvalue weighted by Crippen LogP contribution is -2.17. The number of carbonyl (C=O) groups is 2. The molecule has 1 unspecified atom stereocenters. The molecule has 0 heterocycles. The fourth-order valence-corrected chi connectivity index (χ4v) is 3.05. The van der Waals surface area contributed by atoms with Crippen molar-refractivity contribution < 1.29 is 19.1 Å². The number of nitrogens with zero attached hydrogens (tertiary/aromatic N) is 2. The first-order valence-electron chi connectivity index (χ1n) is 7.18. The fraction of sp³-hybridized carbons (Fsp3) is 0.167. The molecule has 114 valence electrons. The minimum atomic E-state index is -0.570. The second kappa shape index (κ2) is 5.99. The lowest BCUT2D eigenvalue weighted by Gasteiger charge is -2.12. The van der Waals surface area contributed by atoms with Crippen molar-refractivity contribution >= 4 is 17.8 Å². The van der Waals surface area contributed by atoms with Crippen molar-refractivity contribution in [3.05, 3.63) is 70.2 Å². The van der Waals surface area contributed by atoms with E-state index in [1.807, 2.05) is 6.07 Å². The molecule has 0 saturated heterocycles. The van der Waals surface area contributed by atoms with Gasteiger partial charge in [-0.15, -0.1) is 0 Å². The van der Waals surface area contributed by atoms with Gasteiger partial charge in [-0.3, -0.25) is 9.59 Å². The Hall–Kier alpha value is -3.04. The quantitative estimate of drug-likeness (QED) is 0.496. The van der Waals surface area contributed by atoms with E-state index in [1.54, 1.807) is 36.4 Å². The van der Waals surface area contributed by atoms with Crippen LogP contribution >= 0.6 is 0 Å². The maximum Gasteiger partial charge on any atom is 0.323 e. The number of benzene rings is 2. The number of ether oxygens (including phenoxy) is 1. The summed E-state index contributed by atoms with van der Waals surface area (Å²) in [5, 5.41) is 0. The Morgan fingerprint density at radius 2 is 2.04 bits per heavy atom. The zero-order valence-corrected chi connectivity index (χ0v) is 12.5. The Kier molecular flexibility index (Phi) is 3.87. The van der Waals surface area contributed by atoms with Crippen LogP contribution in [0.15, 0.2) is 42.5 Å². The molecule has 5 nitrogen and oxygen atoms in total. The van der Waals surface area contributed by atoms with Crippen LogP contribution in [0.4, 0.5) is 0 Å². The molecule has 0 amide bonds. The minimum absolute atomic E-state index is 0.163. The molecule has 3 rings (SSSR count). The van der Waals surface area contributed by atoms with Crippen LogP contribution in [0.1, 0.15) is 33.0 Å². The van der Waals surface area contributed by atoms with Gasteiger partial charge in [0.15, 0.2) is 5.78 Å². The molecule has 1 aliphatic rings. The van der Waals surface area contributed by atoms with Gasteiger partial charge in [0, 0.05) is 5.56 Å². The van der Waals surface area contributed by atoms with Crippen molar-refractivity contribution in [2.24, 2.45) is 0 Å². The van der Waals surface area contributed by atoms with Gasteiger partial charge in [-0.2, -0.15) is 4.79 Å². The van der Waals surface area contributed by atoms with Gasteiger partial charge < -0.3 is 10.3 Å². The van der Waals surface area contributed by atoms with E-state index in [0.717, 1.165) is 11.8 Å². The Balaban J connectivity index is 2.27. The second-order valence-corrected chi connectivity index (χ2v) is 5.31. The number of hydrogen-bond donors (Lipinski definition) is 0. The van der Waals surface area contributed by atoms with E-state index in [9.17, 15) is 9.59 Å². The molecule has 2 aromatic rings. The van der Waals surface area contributed by atoms with E-state index in [1.165, 1.54) is 7.11 Å². The normalized spacial score (nSPS) is 15.7. The molecule has 0 bridgehead atoms. The molecule has 23 heavy (non-hydrogen) atoms. The average molecular weight is 306 g/mol. The van der Waals surface area contributed by atoms with Gasteiger partial charge in [0.05, 0.1) is 18.6 Å². The first-order valence-corrected chi connectivity index (χ1v) is 7.18. The summed E-state index contributed by atoms with van der Waals surface area (Å²) in [6, 6.07) is 12.4. The molecule has 5 heteroatoms. The summed E-state index contributed by atoms with van der Waals surface area (Å²) in [7, 11) is 1.51. The van der Waals surface area contributed by atoms with E-state index in [0.29, 0.717) is 28.9 Å². The van der Waals surface area contributed by atoms with Crippen LogP contribution in [-0.2, 0) is 11.2 Å². The Morgan fingerprint density at radius 1 is 1.26 bits per heavy atom. The lowest BCUT2D eigenvalue weighted by atomic mass is 9.88. The van der Waals surface area contributed by atoms with Gasteiger partial charge >= 0.3 is 6.21 Å². The van der Waals surface area contributed by atoms with E-state index in [2.05, 4.69) is 4.79 Å². The standard InChI is InChI=1S/C18H14N2O3/c1-23-16-8-4-5-11-9-14(15(21)10-20-19)12-6-2-3-7-13(12)18(22)17(11)16/h2-8,10,14H,9H2,1H3. The number of methoxy groups -OCH3 is 1. The molecule has 2 aromatic carbocycles. The molecular formula is C18H14N2O3. The van der Waals surface area contributed by atoms with E-state index in [4.69, 9.17) is 10.3 Å². The molecule has 1 aliphatic carbocycles. The Labute approximate surface area is 133 Å². The summed E-state index contributed by atoms with van der Waals surface area (Å²) < 4.78 is 5.32. The summed E-state index contributed by atoms with van der Waals surface area (Å²) >= 11 is 0. The number of carbonyl (C=O) groups excluding carboxylic acids is 2. The largest absolute Gasteiger partial charge is 0.496 e. The molecule has 0 fully saturated rings. The molecule has 0 saturated carbocycles. The van der Waals surface area contributed by atoms with E-state index < -0.39 is 5.92 Å². The van der Waals surface area contributed by atoms with Crippen LogP contribution in [0.25, 0.3) is 5.53 Å². The third kappa shape index (κ3) is 2.47. The van der Waals surface area contributed by atoms with Crippen molar-refractivity contribution in [1.29, 1.82) is 0 Å². The van der Waals surface area contributed by atoms with Crippen LogP contribution in [0.3, 0.4) is 0 Å². The van der Waals surface area contributed by atoms with Gasteiger partial charge in [-0.05, 0) is 23.6 Å². The highest BCUT2D eigenvalue weighted by Crippen LogP contribution is 2.36. The molecule has 0 N–H and O–H groups in total. The van der Waals surface area contributed by atoms with Gasteiger partial charge in [-0.1, -0.05) is 36.4 Å². The number of rotatable bonds is 3. The maximum atomic E-state index is 13.0. The second-order valence-electron chi connectivity index (χ2n) is 5.31. The smallest absolute Gasteiger partial charge is 0.323 e. The molecule has 0 spiro atoms. The zero-order valence-electron chi connectivity index (χ0n) is 12.5. The molecular weight excluding hydrogens is 292 g/mol. The number of Topliss-reactive ketones (excluding diaryl/α,β-unsaturated/α-hetero) is 1. The third-order valence-electron chi connectivity index (χ3n) is 4.09. The molecule has 0 aliphatic heterocycles. The molecule has 0 aromatic heterocycles. The summed E-state index contributed by atoms with van der Waals surface area (Å²) in [4.78, 5) is 28.1. The Bertz CT molecular complexity index is 851. The average Bonchev–Trinajstić information content (AvgIpc) is 2.70. The molecule has 1 atom stereocenters. The predicted octanol–water partition coefficient (Wildman–Crippen LogP) is 2.44. The first-order chi connectivity index (χ1) is 11.2. The van der Waals surface area contributed by atoms with Crippen molar-refractivity contribution in [3.8, 4) is 5.75 Å². The van der Waals surface area contributed by atoms with Crippen molar-refractivity contribution in [2.45, 2.75) is 12.3 Å². The van der Waals surface area contributed by atoms with Crippen LogP contribution < -0.4 is 4.74 Å². The summed E-state index contributed by atoms with van der Waals surface area (Å²) in [6.45, 7) is 0. The van der Waals surface area contributed by atoms with Gasteiger partial charge in [-0.25, -0.2) is 0 Å². The van der Waals surface area contributed by atoms with Gasteiger partial charge in [0.25, 0.3) is 0 Å². The monoisotopic (exact) mass is 306 g/mol. The zero-order chi connectivity index (χ0) is 16.4. The maximum absolute atomic E-state index is 13.0. The summed E-state index contributed by atoms with van der Waals surface area (Å²) in [5.41, 5.74) is 11.0. The SMILES string of the molecule is COc1cccc2c1C(=O)c1ccccc1C(C(=O)C=[N+]=[N-])C2. The number of fused-ring (bicyclic) bond motifs is 2. The van der Waals surface area contributed by atoms with Gasteiger partial charge in [0.2, 0.25) is 5.78 Å². The van der Waals surface area contributed by atoms with Crippen LogP contribution in [0.5, 0.6) is 5.75 Å². The minimum Gasteiger partial charge on any atom is -0.496 e. The number of ketones is 2. The Morgan fingerprint density at radius 3 is 2.78 bits per heavy atom. The van der Waals surface area contributed by atoms with Gasteiger partial charge in [0.1, 0.15) is 5.75 Å². The van der Waals surface area contributed by atoms with Crippen molar-refractivity contribution in [1.82, 2.24) is 0 Å². The third-order valence-corrected chi connectivity index (χ3v) is 4.09. The van der Waals surface area contributed by atoms with Crippen LogP contribution in [0, 0.1) is 0 Å². The highest BCUT2D eigenvalue weighted by Gasteiger charge is 2.33. The topological polar surface area (TPSA) is 79.8 Å². The first kappa shape index (κ1) is 14.9. The fourth-order valence-electron chi connectivity index (χ4n) is 3.05. The molecule has 0 radical (unpaired) electrons. The number of hydrogen-bond acceptors (Lipinski definition) is 3.